The van der Waals surface area contributed by atoms with E-state index in [4.69, 9.17) is 8.85 Å². The van der Waals surface area contributed by atoms with Gasteiger partial charge < -0.3 is 19.3 Å². The third kappa shape index (κ3) is 6.51. The molecule has 0 unspecified atom stereocenters. The molecule has 0 saturated carbocycles. The van der Waals surface area contributed by atoms with Crippen LogP contribution in [0.4, 0.5) is 0 Å². The molecule has 0 rings (SSSR count). The van der Waals surface area contributed by atoms with E-state index in [1.165, 1.54) is 0 Å². The summed E-state index contributed by atoms with van der Waals surface area (Å²) < 4.78 is 34.4. The summed E-state index contributed by atoms with van der Waals surface area (Å²) >= 11 is 0. The lowest BCUT2D eigenvalue weighted by Gasteiger charge is -2.28. The summed E-state index contributed by atoms with van der Waals surface area (Å²) in [6, 6.07) is 0. The zero-order valence-corrected chi connectivity index (χ0v) is 9.94. The largest absolute Gasteiger partial charge is 0.456 e. The number of ether oxygens (including phenoxy) is 3. The molecule has 0 amide bonds. The van der Waals surface area contributed by atoms with E-state index in [9.17, 15) is 24.3 Å². The molecule has 0 heterocycles. The van der Waals surface area contributed by atoms with E-state index in [-0.39, 0.29) is 6.29 Å². The minimum Gasteiger partial charge on any atom is -0.456 e. The molecule has 0 aliphatic carbocycles. The van der Waals surface area contributed by atoms with Gasteiger partial charge in [-0.15, -0.1) is 0 Å². The van der Waals surface area contributed by atoms with Gasteiger partial charge >= 0.3 is 17.9 Å². The lowest BCUT2D eigenvalue weighted by molar-refractivity contribution is -0.185. The number of carbonyl (C=O) groups is 4. The first-order valence-electron chi connectivity index (χ1n) is 7.07. The van der Waals surface area contributed by atoms with E-state index in [0.29, 0.717) is 0 Å². The molecule has 0 radical (unpaired) electrons. The Kier molecular flexibility index (Phi) is 5.22. The normalized spacial score (nSPS) is 16.8. The number of aliphatic hydroxyl groups is 1. The standard InChI is InChI=1S/C11H16O8/c1-6(14)17-9(4-12)11(19-8(3)16)10(5-13)18-7(2)15/h4,9-11,13H,5H2,1-3H3/t9-,10-,11-/m1/s1/i1D,2D,3D. The topological polar surface area (TPSA) is 116 Å². The summed E-state index contributed by atoms with van der Waals surface area (Å²) in [6.45, 7) is -3.29. The van der Waals surface area contributed by atoms with Crippen molar-refractivity contribution in [3.05, 3.63) is 0 Å². The van der Waals surface area contributed by atoms with Gasteiger partial charge in [-0.25, -0.2) is 0 Å². The van der Waals surface area contributed by atoms with Crippen molar-refractivity contribution in [2.75, 3.05) is 6.61 Å². The highest BCUT2D eigenvalue weighted by Crippen LogP contribution is 2.12. The average Bonchev–Trinajstić information content (AvgIpc) is 2.54. The number of hydrogen-bond acceptors (Lipinski definition) is 8. The van der Waals surface area contributed by atoms with Crippen LogP contribution in [-0.2, 0) is 33.4 Å². The lowest BCUT2D eigenvalue weighted by atomic mass is 10.1. The van der Waals surface area contributed by atoms with Gasteiger partial charge in [-0.1, -0.05) is 0 Å². The van der Waals surface area contributed by atoms with Crippen molar-refractivity contribution in [3.63, 3.8) is 0 Å². The highest BCUT2D eigenvalue weighted by atomic mass is 16.6. The molecule has 0 saturated heterocycles. The Bertz CT molecular complexity index is 403. The van der Waals surface area contributed by atoms with Crippen LogP contribution in [0.3, 0.4) is 0 Å². The minimum absolute atomic E-state index is 0.0760. The molecular formula is C11H16O8. The van der Waals surface area contributed by atoms with Crippen molar-refractivity contribution in [3.8, 4) is 0 Å². The van der Waals surface area contributed by atoms with Gasteiger partial charge in [-0.05, 0) is 0 Å². The predicted octanol–water partition coefficient (Wildman–Crippen LogP) is -1.03. The second kappa shape index (κ2) is 8.20. The summed E-state index contributed by atoms with van der Waals surface area (Å²) in [6.07, 6.45) is -4.91. The maximum Gasteiger partial charge on any atom is 0.303 e. The highest BCUT2D eigenvalue weighted by Gasteiger charge is 2.36. The summed E-state index contributed by atoms with van der Waals surface area (Å²) in [5, 5.41) is 9.19. The molecule has 3 atom stereocenters. The monoisotopic (exact) mass is 279 g/mol. The van der Waals surface area contributed by atoms with Crippen molar-refractivity contribution in [2.45, 2.75) is 39.0 Å². The fourth-order valence-electron chi connectivity index (χ4n) is 1.21. The van der Waals surface area contributed by atoms with Gasteiger partial charge in [0.15, 0.2) is 24.6 Å². The third-order valence-electron chi connectivity index (χ3n) is 1.82. The molecule has 0 aliphatic rings. The number of aliphatic hydroxyl groups excluding tert-OH is 1. The summed E-state index contributed by atoms with van der Waals surface area (Å²) in [7, 11) is 0. The maximum absolute atomic E-state index is 11.2. The molecule has 19 heavy (non-hydrogen) atoms. The molecule has 8 nitrogen and oxygen atoms in total. The van der Waals surface area contributed by atoms with Gasteiger partial charge in [0.05, 0.1) is 6.61 Å². The lowest BCUT2D eigenvalue weighted by Crippen LogP contribution is -2.47. The van der Waals surface area contributed by atoms with Crippen LogP contribution in [0, 0.1) is 0 Å². The number of rotatable bonds is 7. The van der Waals surface area contributed by atoms with E-state index in [0.717, 1.165) is 0 Å². The SMILES string of the molecule is [2H]CC(=O)O[C@H]([C@@H](C=O)OC(=O)C[2H])[C@@H](CO)OC(=O)C[2H]. The van der Waals surface area contributed by atoms with E-state index < -0.39 is 63.5 Å². The second-order valence-corrected chi connectivity index (χ2v) is 3.26. The zero-order valence-electron chi connectivity index (χ0n) is 12.9. The van der Waals surface area contributed by atoms with Crippen LogP contribution in [0.25, 0.3) is 0 Å². The van der Waals surface area contributed by atoms with Gasteiger partial charge in [0.25, 0.3) is 0 Å². The molecule has 0 fully saturated rings. The smallest absolute Gasteiger partial charge is 0.303 e. The van der Waals surface area contributed by atoms with Crippen LogP contribution in [0.2, 0.25) is 0 Å². The molecule has 0 aliphatic heterocycles. The Morgan fingerprint density at radius 1 is 1.11 bits per heavy atom. The Balaban J connectivity index is 5.27. The fourth-order valence-corrected chi connectivity index (χ4v) is 1.21. The van der Waals surface area contributed by atoms with Crippen LogP contribution in [0.1, 0.15) is 24.8 Å². The summed E-state index contributed by atoms with van der Waals surface area (Å²) in [5.41, 5.74) is 0. The van der Waals surface area contributed by atoms with Gasteiger partial charge in [0.1, 0.15) is 0 Å². The quantitative estimate of drug-likeness (QED) is 0.357. The summed E-state index contributed by atoms with van der Waals surface area (Å²) in [5.74, 6) is -3.28. The Morgan fingerprint density at radius 3 is 2.11 bits per heavy atom. The second-order valence-electron chi connectivity index (χ2n) is 3.26. The van der Waals surface area contributed by atoms with E-state index in [1.54, 1.807) is 0 Å². The van der Waals surface area contributed by atoms with E-state index >= 15 is 0 Å². The minimum atomic E-state index is -1.73. The molecule has 108 valence electrons. The van der Waals surface area contributed by atoms with E-state index in [2.05, 4.69) is 9.47 Å². The summed E-state index contributed by atoms with van der Waals surface area (Å²) in [4.78, 5) is 44.4. The zero-order chi connectivity index (χ0) is 17.1. The van der Waals surface area contributed by atoms with Gasteiger partial charge in [0, 0.05) is 24.8 Å². The number of aldehydes is 1. The van der Waals surface area contributed by atoms with E-state index in [1.807, 2.05) is 0 Å². The average molecular weight is 279 g/mol. The first-order valence-corrected chi connectivity index (χ1v) is 4.95. The molecule has 0 bridgehead atoms. The molecule has 0 spiro atoms. The van der Waals surface area contributed by atoms with Crippen LogP contribution >= 0.6 is 0 Å². The fraction of sp³-hybridized carbons (Fsp3) is 0.636. The van der Waals surface area contributed by atoms with Crippen LogP contribution in [-0.4, -0.2) is 54.2 Å². The maximum atomic E-state index is 11.2. The van der Waals surface area contributed by atoms with Gasteiger partial charge in [-0.3, -0.25) is 19.2 Å². The van der Waals surface area contributed by atoms with Crippen LogP contribution in [0.15, 0.2) is 0 Å². The van der Waals surface area contributed by atoms with Crippen molar-refractivity contribution >= 4 is 24.2 Å². The molecule has 0 aromatic heterocycles. The number of esters is 3. The van der Waals surface area contributed by atoms with Gasteiger partial charge in [0.2, 0.25) is 0 Å². The molecule has 1 N–H and O–H groups in total. The Labute approximate surface area is 113 Å². The van der Waals surface area contributed by atoms with Crippen molar-refractivity contribution in [1.82, 2.24) is 0 Å². The van der Waals surface area contributed by atoms with Crippen molar-refractivity contribution in [2.24, 2.45) is 0 Å². The third-order valence-corrected chi connectivity index (χ3v) is 1.82. The number of carbonyl (C=O) groups excluding carboxylic acids is 4. The Hall–Kier alpha value is -1.96. The first kappa shape index (κ1) is 12.1. The van der Waals surface area contributed by atoms with Crippen molar-refractivity contribution in [1.29, 1.82) is 0 Å². The predicted molar refractivity (Wildman–Crippen MR) is 59.8 cm³/mol. The molecule has 0 aromatic carbocycles. The number of hydrogen-bond donors (Lipinski definition) is 1. The Morgan fingerprint density at radius 2 is 1.63 bits per heavy atom. The van der Waals surface area contributed by atoms with Crippen LogP contribution < -0.4 is 0 Å². The first-order chi connectivity index (χ1) is 10.4. The molecule has 0 aromatic rings. The van der Waals surface area contributed by atoms with Gasteiger partial charge in [-0.2, -0.15) is 0 Å². The highest BCUT2D eigenvalue weighted by molar-refractivity contribution is 5.72. The van der Waals surface area contributed by atoms with Crippen LogP contribution in [0.5, 0.6) is 0 Å². The van der Waals surface area contributed by atoms with Crippen molar-refractivity contribution < 1.29 is 42.6 Å². The molecular weight excluding hydrogens is 260 g/mol. The molecule has 8 heteroatoms.